The minimum Gasteiger partial charge on any atom is -0.393 e. The Morgan fingerprint density at radius 2 is 2.20 bits per heavy atom. The second-order valence-electron chi connectivity index (χ2n) is 3.77. The molecule has 1 heterocycles. The zero-order valence-electron chi connectivity index (χ0n) is 9.57. The molecule has 0 radical (unpaired) electrons. The molecule has 1 atom stereocenters. The van der Waals surface area contributed by atoms with Crippen molar-refractivity contribution in [1.82, 2.24) is 4.98 Å². The molecule has 0 aromatic carbocycles. The first-order chi connectivity index (χ1) is 6.91. The molecule has 0 saturated heterocycles. The second-order valence-corrected chi connectivity index (χ2v) is 5.47. The molecular formula is C10H17N3S2. The predicted octanol–water partition coefficient (Wildman–Crippen LogP) is 2.26. The summed E-state index contributed by atoms with van der Waals surface area (Å²) in [7, 11) is 2.03. The van der Waals surface area contributed by atoms with Crippen LogP contribution in [-0.2, 0) is 0 Å². The molecule has 3 nitrogen and oxygen atoms in total. The van der Waals surface area contributed by atoms with Gasteiger partial charge in [0.05, 0.1) is 10.7 Å². The van der Waals surface area contributed by atoms with Crippen LogP contribution in [0.2, 0.25) is 0 Å². The molecule has 0 aliphatic heterocycles. The first-order valence-corrected chi connectivity index (χ1v) is 6.09. The second kappa shape index (κ2) is 4.90. The van der Waals surface area contributed by atoms with Gasteiger partial charge in [0.25, 0.3) is 0 Å². The molecule has 1 unspecified atom stereocenters. The predicted molar refractivity (Wildman–Crippen MR) is 70.9 cm³/mol. The maximum atomic E-state index is 5.53. The van der Waals surface area contributed by atoms with Crippen molar-refractivity contribution in [1.29, 1.82) is 0 Å². The van der Waals surface area contributed by atoms with E-state index in [1.54, 1.807) is 11.3 Å². The van der Waals surface area contributed by atoms with E-state index < -0.39 is 0 Å². The minimum absolute atomic E-state index is 0.299. The van der Waals surface area contributed by atoms with E-state index >= 15 is 0 Å². The fraction of sp³-hybridized carbons (Fsp3) is 0.600. The quantitative estimate of drug-likeness (QED) is 0.824. The van der Waals surface area contributed by atoms with Crippen LogP contribution in [0, 0.1) is 13.8 Å². The Labute approximate surface area is 100 Å². The number of hydrogen-bond donors (Lipinski definition) is 1. The number of aryl methyl sites for hydroxylation is 2. The maximum Gasteiger partial charge on any atom is 0.185 e. The Hall–Kier alpha value is -0.680. The Kier molecular flexibility index (Phi) is 4.04. The van der Waals surface area contributed by atoms with Crippen LogP contribution in [0.1, 0.15) is 23.9 Å². The lowest BCUT2D eigenvalue weighted by Gasteiger charge is -2.23. The summed E-state index contributed by atoms with van der Waals surface area (Å²) in [6.45, 7) is 6.22. The van der Waals surface area contributed by atoms with Crippen LogP contribution in [0.5, 0.6) is 0 Å². The van der Waals surface area contributed by atoms with E-state index in [1.165, 1.54) is 4.88 Å². The van der Waals surface area contributed by atoms with E-state index in [9.17, 15) is 0 Å². The van der Waals surface area contributed by atoms with Gasteiger partial charge >= 0.3 is 0 Å². The Bertz CT molecular complexity index is 340. The van der Waals surface area contributed by atoms with Gasteiger partial charge in [0.15, 0.2) is 5.13 Å². The van der Waals surface area contributed by atoms with Crippen molar-refractivity contribution in [2.24, 2.45) is 5.73 Å². The highest BCUT2D eigenvalue weighted by atomic mass is 32.1. The van der Waals surface area contributed by atoms with Crippen LogP contribution in [0.15, 0.2) is 0 Å². The molecule has 1 rings (SSSR count). The van der Waals surface area contributed by atoms with Crippen LogP contribution in [0.4, 0.5) is 5.13 Å². The third-order valence-electron chi connectivity index (χ3n) is 2.48. The molecule has 0 aliphatic carbocycles. The summed E-state index contributed by atoms with van der Waals surface area (Å²) in [5, 5.41) is 1.04. The number of thiocarbonyl (C=S) groups is 1. The van der Waals surface area contributed by atoms with Crippen molar-refractivity contribution in [3.05, 3.63) is 10.6 Å². The van der Waals surface area contributed by atoms with Gasteiger partial charge in [-0.1, -0.05) is 12.2 Å². The fourth-order valence-corrected chi connectivity index (χ4v) is 2.44. The Morgan fingerprint density at radius 1 is 1.60 bits per heavy atom. The molecule has 15 heavy (non-hydrogen) atoms. The molecule has 0 spiro atoms. The van der Waals surface area contributed by atoms with Crippen LogP contribution in [0.3, 0.4) is 0 Å². The molecule has 5 heteroatoms. The maximum absolute atomic E-state index is 5.53. The van der Waals surface area contributed by atoms with Crippen molar-refractivity contribution < 1.29 is 0 Å². The van der Waals surface area contributed by atoms with Crippen molar-refractivity contribution in [3.8, 4) is 0 Å². The highest BCUT2D eigenvalue weighted by Gasteiger charge is 2.14. The monoisotopic (exact) mass is 243 g/mol. The lowest BCUT2D eigenvalue weighted by Crippen LogP contribution is -2.32. The number of aromatic nitrogens is 1. The standard InChI is InChI=1S/C10H17N3S2/c1-6(5-9(11)14)13(4)10-12-7(2)8(3)15-10/h6H,5H2,1-4H3,(H2,11,14). The Morgan fingerprint density at radius 3 is 2.60 bits per heavy atom. The lowest BCUT2D eigenvalue weighted by atomic mass is 10.2. The highest BCUT2D eigenvalue weighted by Crippen LogP contribution is 2.25. The summed E-state index contributed by atoms with van der Waals surface area (Å²) in [4.78, 5) is 8.45. The van der Waals surface area contributed by atoms with Gasteiger partial charge in [0, 0.05) is 24.4 Å². The van der Waals surface area contributed by atoms with E-state index in [2.05, 4.69) is 23.7 Å². The van der Waals surface area contributed by atoms with Crippen LogP contribution in [-0.4, -0.2) is 23.1 Å². The van der Waals surface area contributed by atoms with Crippen molar-refractivity contribution in [2.45, 2.75) is 33.2 Å². The summed E-state index contributed by atoms with van der Waals surface area (Å²) < 4.78 is 0. The minimum atomic E-state index is 0.299. The van der Waals surface area contributed by atoms with E-state index in [1.807, 2.05) is 14.0 Å². The lowest BCUT2D eigenvalue weighted by molar-refractivity contribution is 0.711. The van der Waals surface area contributed by atoms with Gasteiger partial charge in [0.1, 0.15) is 0 Å². The van der Waals surface area contributed by atoms with E-state index in [0.717, 1.165) is 17.2 Å². The van der Waals surface area contributed by atoms with Gasteiger partial charge in [-0.15, -0.1) is 11.3 Å². The fourth-order valence-electron chi connectivity index (χ4n) is 1.22. The highest BCUT2D eigenvalue weighted by molar-refractivity contribution is 7.80. The van der Waals surface area contributed by atoms with Gasteiger partial charge in [-0.2, -0.15) is 0 Å². The first-order valence-electron chi connectivity index (χ1n) is 4.87. The van der Waals surface area contributed by atoms with Gasteiger partial charge in [-0.25, -0.2) is 4.98 Å². The molecule has 1 aromatic heterocycles. The first kappa shape index (κ1) is 12.4. The van der Waals surface area contributed by atoms with E-state index in [4.69, 9.17) is 18.0 Å². The third-order valence-corrected chi connectivity index (χ3v) is 3.81. The number of rotatable bonds is 4. The van der Waals surface area contributed by atoms with E-state index in [-0.39, 0.29) is 0 Å². The molecule has 0 amide bonds. The molecular weight excluding hydrogens is 226 g/mol. The average Bonchev–Trinajstić information content (AvgIpc) is 2.44. The SMILES string of the molecule is Cc1nc(N(C)C(C)CC(N)=S)sc1C. The third kappa shape index (κ3) is 3.14. The van der Waals surface area contributed by atoms with Crippen molar-refractivity contribution in [3.63, 3.8) is 0 Å². The molecule has 0 saturated carbocycles. The summed E-state index contributed by atoms with van der Waals surface area (Å²) in [5.74, 6) is 0. The molecule has 2 N–H and O–H groups in total. The molecule has 0 bridgehead atoms. The number of hydrogen-bond acceptors (Lipinski definition) is 4. The summed E-state index contributed by atoms with van der Waals surface area (Å²) in [6, 6.07) is 0.299. The largest absolute Gasteiger partial charge is 0.393 e. The molecule has 84 valence electrons. The van der Waals surface area contributed by atoms with Crippen molar-refractivity contribution >= 4 is 33.7 Å². The van der Waals surface area contributed by atoms with Crippen LogP contribution < -0.4 is 10.6 Å². The van der Waals surface area contributed by atoms with Crippen LogP contribution >= 0.6 is 23.6 Å². The van der Waals surface area contributed by atoms with Crippen molar-refractivity contribution in [2.75, 3.05) is 11.9 Å². The summed E-state index contributed by atoms with van der Waals surface area (Å²) in [6.07, 6.45) is 0.726. The number of thiazole rings is 1. The number of nitrogens with zero attached hydrogens (tertiary/aromatic N) is 2. The van der Waals surface area contributed by atoms with Gasteiger partial charge in [-0.05, 0) is 20.8 Å². The van der Waals surface area contributed by atoms with E-state index in [0.29, 0.717) is 11.0 Å². The zero-order chi connectivity index (χ0) is 11.6. The molecule has 0 fully saturated rings. The Balaban J connectivity index is 2.75. The summed E-state index contributed by atoms with van der Waals surface area (Å²) >= 11 is 6.61. The number of nitrogens with two attached hydrogens (primary N) is 1. The zero-order valence-corrected chi connectivity index (χ0v) is 11.2. The van der Waals surface area contributed by atoms with Crippen LogP contribution in [0.25, 0.3) is 0 Å². The number of anilines is 1. The smallest absolute Gasteiger partial charge is 0.185 e. The normalized spacial score (nSPS) is 12.5. The summed E-state index contributed by atoms with van der Waals surface area (Å²) in [5.41, 5.74) is 6.63. The average molecular weight is 243 g/mol. The molecule has 0 aliphatic rings. The van der Waals surface area contributed by atoms with Gasteiger partial charge < -0.3 is 10.6 Å². The van der Waals surface area contributed by atoms with Gasteiger partial charge in [-0.3, -0.25) is 0 Å². The van der Waals surface area contributed by atoms with Gasteiger partial charge in [0.2, 0.25) is 0 Å². The topological polar surface area (TPSA) is 42.2 Å². The molecule has 1 aromatic rings.